The molecule has 1 aliphatic heterocycles. The van der Waals surface area contributed by atoms with E-state index in [1.54, 1.807) is 0 Å². The highest BCUT2D eigenvalue weighted by atomic mass is 16.5. The third-order valence-electron chi connectivity index (χ3n) is 6.58. The summed E-state index contributed by atoms with van der Waals surface area (Å²) in [5.41, 5.74) is 3.47. The molecule has 174 valence electrons. The number of benzene rings is 4. The molecule has 0 saturated carbocycles. The summed E-state index contributed by atoms with van der Waals surface area (Å²) >= 11 is 0. The predicted molar refractivity (Wildman–Crippen MR) is 140 cm³/mol. The number of hydrogen-bond donors (Lipinski definition) is 0. The molecule has 3 nitrogen and oxygen atoms in total. The third-order valence-corrected chi connectivity index (χ3v) is 6.58. The van der Waals surface area contributed by atoms with Crippen molar-refractivity contribution in [2.45, 2.75) is 24.6 Å². The average Bonchev–Trinajstić information content (AvgIpc) is 2.93. The zero-order valence-electron chi connectivity index (χ0n) is 19.7. The van der Waals surface area contributed by atoms with Crippen molar-refractivity contribution in [3.05, 3.63) is 156 Å². The van der Waals surface area contributed by atoms with Crippen LogP contribution in [0.3, 0.4) is 0 Å². The van der Waals surface area contributed by atoms with Crippen LogP contribution in [0.5, 0.6) is 0 Å². The van der Waals surface area contributed by atoms with E-state index in [9.17, 15) is 4.79 Å². The van der Waals surface area contributed by atoms with Gasteiger partial charge in [-0.3, -0.25) is 4.79 Å². The molecule has 0 radical (unpaired) electrons. The van der Waals surface area contributed by atoms with Gasteiger partial charge in [-0.25, -0.2) is 0 Å². The van der Waals surface area contributed by atoms with Gasteiger partial charge < -0.3 is 9.64 Å². The van der Waals surface area contributed by atoms with Crippen molar-refractivity contribution in [3.8, 4) is 0 Å². The molecule has 0 aliphatic carbocycles. The van der Waals surface area contributed by atoms with Crippen LogP contribution in [-0.4, -0.2) is 23.5 Å². The Morgan fingerprint density at radius 1 is 0.686 bits per heavy atom. The molecule has 0 fully saturated rings. The van der Waals surface area contributed by atoms with Crippen LogP contribution in [0, 0.1) is 0 Å². The number of rotatable bonds is 8. The van der Waals surface area contributed by atoms with Gasteiger partial charge >= 0.3 is 0 Å². The average molecular weight is 460 g/mol. The zero-order valence-corrected chi connectivity index (χ0v) is 19.7. The van der Waals surface area contributed by atoms with Crippen molar-refractivity contribution < 1.29 is 9.53 Å². The second kappa shape index (κ2) is 10.5. The molecule has 0 spiro atoms. The van der Waals surface area contributed by atoms with E-state index in [0.29, 0.717) is 19.6 Å². The van der Waals surface area contributed by atoms with Crippen LogP contribution in [0.1, 0.15) is 28.7 Å². The summed E-state index contributed by atoms with van der Waals surface area (Å²) in [4.78, 5) is 14.9. The summed E-state index contributed by atoms with van der Waals surface area (Å²) in [7, 11) is 0. The summed E-state index contributed by atoms with van der Waals surface area (Å²) in [5, 5.41) is 0. The number of carbonyl (C=O) groups is 1. The van der Waals surface area contributed by atoms with Gasteiger partial charge in [0.2, 0.25) is 5.91 Å². The maximum absolute atomic E-state index is 13.0. The molecule has 0 N–H and O–H groups in total. The van der Waals surface area contributed by atoms with Gasteiger partial charge in [0, 0.05) is 13.0 Å². The first-order valence-corrected chi connectivity index (χ1v) is 12.1. The fourth-order valence-corrected chi connectivity index (χ4v) is 4.84. The molecule has 1 amide bonds. The first-order valence-electron chi connectivity index (χ1n) is 12.1. The molecule has 1 aliphatic rings. The Morgan fingerprint density at radius 3 is 1.63 bits per heavy atom. The van der Waals surface area contributed by atoms with Crippen LogP contribution in [0.2, 0.25) is 0 Å². The highest BCUT2D eigenvalue weighted by Gasteiger charge is 2.39. The number of hydrogen-bond acceptors (Lipinski definition) is 2. The van der Waals surface area contributed by atoms with E-state index in [-0.39, 0.29) is 11.9 Å². The van der Waals surface area contributed by atoms with Crippen LogP contribution in [0.25, 0.3) is 0 Å². The van der Waals surface area contributed by atoms with Crippen molar-refractivity contribution >= 4 is 5.91 Å². The van der Waals surface area contributed by atoms with Crippen LogP contribution in [0.4, 0.5) is 0 Å². The molecule has 0 unspecified atom stereocenters. The summed E-state index contributed by atoms with van der Waals surface area (Å²) in [6.45, 7) is 0.931. The summed E-state index contributed by atoms with van der Waals surface area (Å²) in [6, 6.07) is 41.0. The van der Waals surface area contributed by atoms with Crippen LogP contribution in [-0.2, 0) is 21.7 Å². The number of nitrogens with zero attached hydrogens (tertiary/aromatic N) is 1. The molecular formula is C32H29NO2. The van der Waals surface area contributed by atoms with E-state index in [1.807, 2.05) is 83.8 Å². The van der Waals surface area contributed by atoms with Gasteiger partial charge in [0.1, 0.15) is 5.60 Å². The molecule has 0 saturated heterocycles. The minimum atomic E-state index is -0.809. The number of carbonyl (C=O) groups excluding carboxylic acids is 1. The second-order valence-corrected chi connectivity index (χ2v) is 8.80. The molecule has 3 heteroatoms. The quantitative estimate of drug-likeness (QED) is 0.227. The lowest BCUT2D eigenvalue weighted by molar-refractivity contribution is -0.135. The highest BCUT2D eigenvalue weighted by Crippen LogP contribution is 2.40. The fourth-order valence-electron chi connectivity index (χ4n) is 4.84. The van der Waals surface area contributed by atoms with Crippen molar-refractivity contribution in [1.82, 2.24) is 4.90 Å². The maximum Gasteiger partial charge on any atom is 0.227 e. The Balaban J connectivity index is 1.54. The fraction of sp³-hybridized carbons (Fsp3) is 0.156. The molecule has 4 aromatic carbocycles. The van der Waals surface area contributed by atoms with Crippen LogP contribution < -0.4 is 0 Å². The lowest BCUT2D eigenvalue weighted by atomic mass is 9.80. The standard InChI is InChI=1S/C32H29NO2/c34-31-23-13-22-30(33(31)24-26-14-5-1-6-15-26)25-35-32(27-16-7-2-8-17-27,28-18-9-3-10-19-28)29-20-11-4-12-21-29/h1-22,30H,23-25H2/t30-/m1/s1. The van der Waals surface area contributed by atoms with Crippen LogP contribution in [0.15, 0.2) is 133 Å². The highest BCUT2D eigenvalue weighted by molar-refractivity contribution is 5.79. The topological polar surface area (TPSA) is 29.5 Å². The molecule has 0 bridgehead atoms. The molecule has 1 atom stereocenters. The van der Waals surface area contributed by atoms with E-state index in [1.165, 1.54) is 0 Å². The number of amides is 1. The van der Waals surface area contributed by atoms with Gasteiger partial charge in [-0.15, -0.1) is 0 Å². The lowest BCUT2D eigenvalue weighted by Gasteiger charge is -2.39. The zero-order chi connectivity index (χ0) is 23.9. The Morgan fingerprint density at radius 2 is 1.14 bits per heavy atom. The summed E-state index contributed by atoms with van der Waals surface area (Å²) < 4.78 is 7.00. The van der Waals surface area contributed by atoms with Crippen molar-refractivity contribution in [1.29, 1.82) is 0 Å². The second-order valence-electron chi connectivity index (χ2n) is 8.80. The van der Waals surface area contributed by atoms with Gasteiger partial charge in [-0.05, 0) is 22.3 Å². The van der Waals surface area contributed by atoms with Gasteiger partial charge in [0.15, 0.2) is 0 Å². The minimum absolute atomic E-state index is 0.120. The van der Waals surface area contributed by atoms with Crippen molar-refractivity contribution in [2.75, 3.05) is 6.61 Å². The summed E-state index contributed by atoms with van der Waals surface area (Å²) in [6.07, 6.45) is 4.49. The minimum Gasteiger partial charge on any atom is -0.358 e. The van der Waals surface area contributed by atoms with E-state index in [2.05, 4.69) is 54.6 Å². The Bertz CT molecular complexity index is 1160. The van der Waals surface area contributed by atoms with Crippen molar-refractivity contribution in [3.63, 3.8) is 0 Å². The molecule has 0 aromatic heterocycles. The lowest BCUT2D eigenvalue weighted by Crippen LogP contribution is -2.45. The Kier molecular flexibility index (Phi) is 6.87. The van der Waals surface area contributed by atoms with E-state index in [0.717, 1.165) is 22.3 Å². The maximum atomic E-state index is 13.0. The molecule has 4 aromatic rings. The molecule has 35 heavy (non-hydrogen) atoms. The van der Waals surface area contributed by atoms with E-state index < -0.39 is 5.60 Å². The molecule has 1 heterocycles. The first kappa shape index (κ1) is 22.8. The predicted octanol–water partition coefficient (Wildman–Crippen LogP) is 6.35. The summed E-state index contributed by atoms with van der Waals surface area (Å²) in [5.74, 6) is 0.120. The number of ether oxygens (including phenoxy) is 1. The monoisotopic (exact) mass is 459 g/mol. The molecular weight excluding hydrogens is 430 g/mol. The van der Waals surface area contributed by atoms with E-state index in [4.69, 9.17) is 4.74 Å². The van der Waals surface area contributed by atoms with Crippen molar-refractivity contribution in [2.24, 2.45) is 0 Å². The van der Waals surface area contributed by atoms with Gasteiger partial charge in [0.25, 0.3) is 0 Å². The third kappa shape index (κ3) is 4.82. The Hall–Kier alpha value is -3.95. The van der Waals surface area contributed by atoms with Gasteiger partial charge in [-0.1, -0.05) is 133 Å². The SMILES string of the molecule is O=C1CC=C[C@H](COC(c2ccccc2)(c2ccccc2)c2ccccc2)N1Cc1ccccc1. The van der Waals surface area contributed by atoms with Gasteiger partial charge in [-0.2, -0.15) is 0 Å². The van der Waals surface area contributed by atoms with Crippen LogP contribution >= 0.6 is 0 Å². The Labute approximate surface area is 207 Å². The first-order chi connectivity index (χ1) is 17.3. The smallest absolute Gasteiger partial charge is 0.227 e. The van der Waals surface area contributed by atoms with E-state index >= 15 is 0 Å². The molecule has 5 rings (SSSR count). The van der Waals surface area contributed by atoms with Gasteiger partial charge in [0.05, 0.1) is 12.6 Å². The normalized spacial score (nSPS) is 15.8. The largest absolute Gasteiger partial charge is 0.358 e.